The van der Waals surface area contributed by atoms with E-state index >= 15 is 0 Å². The van der Waals surface area contributed by atoms with Crippen LogP contribution in [0.2, 0.25) is 0 Å². The Bertz CT molecular complexity index is 438. The molecule has 0 fully saturated rings. The second-order valence-corrected chi connectivity index (χ2v) is 6.20. The maximum absolute atomic E-state index is 11.9. The number of carbonyl (C=O) groups is 1. The molecular formula is C12H18N2O2S. The zero-order valence-corrected chi connectivity index (χ0v) is 10.9. The largest absolute Gasteiger partial charge is 0.366 e. The molecule has 17 heavy (non-hydrogen) atoms. The van der Waals surface area contributed by atoms with Crippen molar-refractivity contribution in [1.82, 2.24) is 0 Å². The van der Waals surface area contributed by atoms with Gasteiger partial charge in [-0.15, -0.1) is 0 Å². The van der Waals surface area contributed by atoms with Gasteiger partial charge >= 0.3 is 0 Å². The molecule has 0 saturated heterocycles. The molecule has 94 valence electrons. The topological polar surface area (TPSA) is 86.2 Å². The number of benzene rings is 1. The van der Waals surface area contributed by atoms with E-state index in [0.717, 1.165) is 0 Å². The third-order valence-corrected chi connectivity index (χ3v) is 3.83. The number of hydrogen-bond donors (Lipinski definition) is 2. The van der Waals surface area contributed by atoms with Crippen molar-refractivity contribution in [2.24, 2.45) is 11.5 Å². The molecule has 0 aromatic heterocycles. The van der Waals surface area contributed by atoms with Gasteiger partial charge in [0.1, 0.15) is 0 Å². The van der Waals surface area contributed by atoms with Crippen LogP contribution in [0.15, 0.2) is 24.3 Å². The summed E-state index contributed by atoms with van der Waals surface area (Å²) in [5.41, 5.74) is 11.7. The van der Waals surface area contributed by atoms with E-state index in [2.05, 4.69) is 0 Å². The first-order valence-electron chi connectivity index (χ1n) is 5.31. The van der Waals surface area contributed by atoms with Gasteiger partial charge in [-0.05, 0) is 25.5 Å². The van der Waals surface area contributed by atoms with Crippen LogP contribution in [0.3, 0.4) is 0 Å². The SMILES string of the molecule is CC(C)(N)CS(=O)Cc1ccccc1C(N)=O. The Morgan fingerprint density at radius 3 is 2.47 bits per heavy atom. The van der Waals surface area contributed by atoms with Crippen molar-refractivity contribution < 1.29 is 9.00 Å². The van der Waals surface area contributed by atoms with Gasteiger partial charge < -0.3 is 11.5 Å². The number of carbonyl (C=O) groups excluding carboxylic acids is 1. The lowest BCUT2D eigenvalue weighted by Crippen LogP contribution is -2.38. The fourth-order valence-corrected chi connectivity index (χ4v) is 3.06. The van der Waals surface area contributed by atoms with Crippen LogP contribution in [0.4, 0.5) is 0 Å². The Balaban J connectivity index is 2.82. The third kappa shape index (κ3) is 4.66. The van der Waals surface area contributed by atoms with Crippen LogP contribution in [0.25, 0.3) is 0 Å². The van der Waals surface area contributed by atoms with Crippen molar-refractivity contribution >= 4 is 16.7 Å². The van der Waals surface area contributed by atoms with Crippen molar-refractivity contribution in [2.75, 3.05) is 5.75 Å². The van der Waals surface area contributed by atoms with Crippen LogP contribution >= 0.6 is 0 Å². The van der Waals surface area contributed by atoms with Gasteiger partial charge in [-0.3, -0.25) is 9.00 Å². The van der Waals surface area contributed by atoms with Gasteiger partial charge in [-0.25, -0.2) is 0 Å². The summed E-state index contributed by atoms with van der Waals surface area (Å²) in [5, 5.41) is 0. The van der Waals surface area contributed by atoms with E-state index in [9.17, 15) is 9.00 Å². The van der Waals surface area contributed by atoms with Crippen molar-refractivity contribution in [2.45, 2.75) is 25.1 Å². The minimum Gasteiger partial charge on any atom is -0.366 e. The molecule has 1 atom stereocenters. The van der Waals surface area contributed by atoms with Gasteiger partial charge in [0, 0.05) is 33.4 Å². The first-order chi connectivity index (χ1) is 7.79. The lowest BCUT2D eigenvalue weighted by Gasteiger charge is -2.17. The minimum atomic E-state index is -1.10. The molecule has 5 heteroatoms. The van der Waals surface area contributed by atoms with Crippen LogP contribution in [-0.2, 0) is 16.6 Å². The predicted octanol–water partition coefficient (Wildman–Crippen LogP) is 0.771. The van der Waals surface area contributed by atoms with E-state index in [0.29, 0.717) is 22.6 Å². The number of nitrogens with two attached hydrogens (primary N) is 2. The Morgan fingerprint density at radius 1 is 1.35 bits per heavy atom. The number of rotatable bonds is 5. The fourth-order valence-electron chi connectivity index (χ4n) is 1.53. The molecule has 1 amide bonds. The Morgan fingerprint density at radius 2 is 1.94 bits per heavy atom. The second-order valence-electron chi connectivity index (χ2n) is 4.74. The highest BCUT2D eigenvalue weighted by molar-refractivity contribution is 7.84. The highest BCUT2D eigenvalue weighted by atomic mass is 32.2. The first-order valence-corrected chi connectivity index (χ1v) is 6.80. The fraction of sp³-hybridized carbons (Fsp3) is 0.417. The summed E-state index contributed by atoms with van der Waals surface area (Å²) >= 11 is 0. The Kier molecular flexibility index (Phi) is 4.42. The van der Waals surface area contributed by atoms with Crippen molar-refractivity contribution in [3.05, 3.63) is 35.4 Å². The first kappa shape index (κ1) is 13.9. The Hall–Kier alpha value is -1.20. The minimum absolute atomic E-state index is 0.305. The summed E-state index contributed by atoms with van der Waals surface area (Å²) in [6, 6.07) is 6.94. The molecule has 0 aliphatic heterocycles. The smallest absolute Gasteiger partial charge is 0.249 e. The molecule has 4 nitrogen and oxygen atoms in total. The molecule has 0 aliphatic carbocycles. The monoisotopic (exact) mass is 254 g/mol. The molecule has 1 unspecified atom stereocenters. The molecule has 1 rings (SSSR count). The normalized spacial score (nSPS) is 13.4. The lowest BCUT2D eigenvalue weighted by atomic mass is 10.1. The van der Waals surface area contributed by atoms with Gasteiger partial charge in [0.15, 0.2) is 0 Å². The number of hydrogen-bond acceptors (Lipinski definition) is 3. The van der Waals surface area contributed by atoms with Crippen LogP contribution in [0, 0.1) is 0 Å². The van der Waals surface area contributed by atoms with Gasteiger partial charge in [0.2, 0.25) is 5.91 Å². The summed E-state index contributed by atoms with van der Waals surface area (Å²) in [4.78, 5) is 11.2. The van der Waals surface area contributed by atoms with Gasteiger partial charge in [0.25, 0.3) is 0 Å². The lowest BCUT2D eigenvalue weighted by molar-refractivity contribution is 0.0999. The van der Waals surface area contributed by atoms with Gasteiger partial charge in [-0.1, -0.05) is 18.2 Å². The highest BCUT2D eigenvalue weighted by Crippen LogP contribution is 2.12. The molecule has 1 aromatic carbocycles. The predicted molar refractivity (Wildman–Crippen MR) is 69.9 cm³/mol. The third-order valence-electron chi connectivity index (χ3n) is 2.13. The van der Waals surface area contributed by atoms with Crippen LogP contribution in [0.1, 0.15) is 29.8 Å². The van der Waals surface area contributed by atoms with Crippen LogP contribution < -0.4 is 11.5 Å². The molecule has 0 bridgehead atoms. The van der Waals surface area contributed by atoms with E-state index in [4.69, 9.17) is 11.5 Å². The summed E-state index contributed by atoms with van der Waals surface area (Å²) in [5.74, 6) is 0.199. The van der Waals surface area contributed by atoms with E-state index < -0.39 is 22.2 Å². The average Bonchev–Trinajstić information content (AvgIpc) is 2.14. The molecule has 4 N–H and O–H groups in total. The zero-order chi connectivity index (χ0) is 13.1. The number of amides is 1. The van der Waals surface area contributed by atoms with E-state index in [1.165, 1.54) is 0 Å². The van der Waals surface area contributed by atoms with Crippen LogP contribution in [0.5, 0.6) is 0 Å². The maximum atomic E-state index is 11.9. The standard InChI is InChI=1S/C12H18N2O2S/c1-12(2,14)8-17(16)7-9-5-3-4-6-10(9)11(13)15/h3-6H,7-8,14H2,1-2H3,(H2,13,15). The highest BCUT2D eigenvalue weighted by Gasteiger charge is 2.17. The molecule has 0 radical (unpaired) electrons. The van der Waals surface area contributed by atoms with Crippen molar-refractivity contribution in [3.63, 3.8) is 0 Å². The molecule has 0 heterocycles. The number of primary amides is 1. The quantitative estimate of drug-likeness (QED) is 0.813. The molecule has 1 aromatic rings. The summed E-state index contributed by atoms with van der Waals surface area (Å²) in [6.07, 6.45) is 0. The second kappa shape index (κ2) is 5.42. The van der Waals surface area contributed by atoms with Crippen molar-refractivity contribution in [3.8, 4) is 0 Å². The summed E-state index contributed by atoms with van der Waals surface area (Å²) in [6.45, 7) is 3.65. The van der Waals surface area contributed by atoms with Gasteiger partial charge in [-0.2, -0.15) is 0 Å². The van der Waals surface area contributed by atoms with Crippen LogP contribution in [-0.4, -0.2) is 21.4 Å². The average molecular weight is 254 g/mol. The summed E-state index contributed by atoms with van der Waals surface area (Å²) in [7, 11) is -1.10. The zero-order valence-electron chi connectivity index (χ0n) is 10.1. The maximum Gasteiger partial charge on any atom is 0.249 e. The van der Waals surface area contributed by atoms with E-state index in [1.54, 1.807) is 24.3 Å². The van der Waals surface area contributed by atoms with Crippen molar-refractivity contribution in [1.29, 1.82) is 0 Å². The van der Waals surface area contributed by atoms with E-state index in [1.807, 2.05) is 13.8 Å². The Labute approximate surface area is 104 Å². The molecule has 0 aliphatic rings. The molecule has 0 saturated carbocycles. The van der Waals surface area contributed by atoms with E-state index in [-0.39, 0.29) is 0 Å². The molecule has 0 spiro atoms. The molecular weight excluding hydrogens is 236 g/mol. The summed E-state index contributed by atoms with van der Waals surface area (Å²) < 4.78 is 11.9. The van der Waals surface area contributed by atoms with Gasteiger partial charge in [0.05, 0.1) is 0 Å².